The lowest BCUT2D eigenvalue weighted by atomic mass is 10.2. The van der Waals surface area contributed by atoms with Gasteiger partial charge in [0.05, 0.1) is 30.2 Å². The van der Waals surface area contributed by atoms with Gasteiger partial charge in [0.1, 0.15) is 6.54 Å². The van der Waals surface area contributed by atoms with Crippen LogP contribution in [0.4, 0.5) is 5.69 Å². The molecule has 1 aliphatic rings. The van der Waals surface area contributed by atoms with Crippen molar-refractivity contribution in [2.45, 2.75) is 25.9 Å². The maximum Gasteiger partial charge on any atom is 0.338 e. The van der Waals surface area contributed by atoms with Gasteiger partial charge in [-0.15, -0.1) is 0 Å². The Balaban J connectivity index is 2.04. The molecule has 0 saturated carbocycles. The summed E-state index contributed by atoms with van der Waals surface area (Å²) in [4.78, 5) is 23.8. The van der Waals surface area contributed by atoms with Crippen LogP contribution in [0, 0.1) is 0 Å². The molecule has 9 heteroatoms. The minimum atomic E-state index is -3.67. The Morgan fingerprint density at radius 1 is 1.31 bits per heavy atom. The van der Waals surface area contributed by atoms with Crippen LogP contribution in [0.1, 0.15) is 30.1 Å². The van der Waals surface area contributed by atoms with E-state index in [0.717, 1.165) is 23.4 Å². The van der Waals surface area contributed by atoms with Crippen LogP contribution >= 0.6 is 0 Å². The molecule has 0 radical (unpaired) electrons. The molecule has 0 bridgehead atoms. The lowest BCUT2D eigenvalue weighted by molar-refractivity contribution is -0.120. The monoisotopic (exact) mass is 384 g/mol. The number of rotatable bonds is 8. The summed E-state index contributed by atoms with van der Waals surface area (Å²) in [6, 6.07) is 5.88. The molecule has 2 rings (SSSR count). The maximum absolute atomic E-state index is 12.1. The first-order valence-electron chi connectivity index (χ1n) is 8.44. The molecule has 1 aromatic rings. The summed E-state index contributed by atoms with van der Waals surface area (Å²) >= 11 is 0. The highest BCUT2D eigenvalue weighted by atomic mass is 32.2. The van der Waals surface area contributed by atoms with Crippen molar-refractivity contribution in [3.8, 4) is 0 Å². The largest absolute Gasteiger partial charge is 0.462 e. The Morgan fingerprint density at radius 3 is 2.54 bits per heavy atom. The zero-order valence-electron chi connectivity index (χ0n) is 14.9. The fraction of sp³-hybridized carbons (Fsp3) is 0.529. The summed E-state index contributed by atoms with van der Waals surface area (Å²) in [6.45, 7) is 2.65. The topological polar surface area (TPSA) is 102 Å². The molecule has 1 amide bonds. The molecule has 1 saturated heterocycles. The second-order valence-corrected chi connectivity index (χ2v) is 7.88. The first-order chi connectivity index (χ1) is 12.3. The number of carbonyl (C=O) groups excluding carboxylic acids is 2. The van der Waals surface area contributed by atoms with Gasteiger partial charge in [0.25, 0.3) is 0 Å². The average molecular weight is 384 g/mol. The molecule has 0 aliphatic carbocycles. The minimum Gasteiger partial charge on any atom is -0.462 e. The van der Waals surface area contributed by atoms with Crippen LogP contribution in [0.25, 0.3) is 0 Å². The Hall–Kier alpha value is -2.13. The Bertz CT molecular complexity index is 726. The van der Waals surface area contributed by atoms with Crippen molar-refractivity contribution < 1.29 is 27.5 Å². The second kappa shape index (κ2) is 9.00. The van der Waals surface area contributed by atoms with Crippen molar-refractivity contribution in [2.24, 2.45) is 0 Å². The molecule has 1 fully saturated rings. The highest BCUT2D eigenvalue weighted by Crippen LogP contribution is 2.19. The van der Waals surface area contributed by atoms with Crippen LogP contribution in [0.2, 0.25) is 0 Å². The van der Waals surface area contributed by atoms with Crippen molar-refractivity contribution in [1.82, 2.24) is 5.32 Å². The van der Waals surface area contributed by atoms with E-state index in [1.165, 1.54) is 24.3 Å². The molecule has 144 valence electrons. The second-order valence-electron chi connectivity index (χ2n) is 5.98. The van der Waals surface area contributed by atoms with Gasteiger partial charge in [-0.3, -0.25) is 9.10 Å². The molecule has 1 unspecified atom stereocenters. The number of hydrogen-bond acceptors (Lipinski definition) is 6. The maximum atomic E-state index is 12.1. The molecular weight excluding hydrogens is 360 g/mol. The van der Waals surface area contributed by atoms with Gasteiger partial charge in [-0.05, 0) is 44.0 Å². The number of nitrogens with one attached hydrogen (secondary N) is 1. The lowest BCUT2D eigenvalue weighted by Gasteiger charge is -2.22. The highest BCUT2D eigenvalue weighted by molar-refractivity contribution is 7.92. The first kappa shape index (κ1) is 20.2. The lowest BCUT2D eigenvalue weighted by Crippen LogP contribution is -2.42. The van der Waals surface area contributed by atoms with Crippen LogP contribution in [-0.2, 0) is 24.3 Å². The third-order valence-corrected chi connectivity index (χ3v) is 5.05. The van der Waals surface area contributed by atoms with Gasteiger partial charge >= 0.3 is 5.97 Å². The molecule has 1 aliphatic heterocycles. The standard InChI is InChI=1S/C17H24N2O6S/c1-3-24-17(21)13-6-8-14(9-7-13)19(26(2,22)23)12-16(20)18-11-15-5-4-10-25-15/h6-9,15H,3-5,10-12H2,1-2H3,(H,18,20). The highest BCUT2D eigenvalue weighted by Gasteiger charge is 2.22. The third kappa shape index (κ3) is 5.70. The fourth-order valence-corrected chi connectivity index (χ4v) is 3.45. The van der Waals surface area contributed by atoms with E-state index in [9.17, 15) is 18.0 Å². The van der Waals surface area contributed by atoms with E-state index in [1.54, 1.807) is 6.92 Å². The number of amides is 1. The summed E-state index contributed by atoms with van der Waals surface area (Å²) < 4.78 is 35.5. The number of sulfonamides is 1. The molecule has 1 aromatic carbocycles. The average Bonchev–Trinajstić information content (AvgIpc) is 3.11. The number of hydrogen-bond donors (Lipinski definition) is 1. The molecule has 8 nitrogen and oxygen atoms in total. The molecule has 0 spiro atoms. The zero-order chi connectivity index (χ0) is 19.2. The summed E-state index contributed by atoms with van der Waals surface area (Å²) in [5.74, 6) is -0.903. The van der Waals surface area contributed by atoms with Gasteiger partial charge in [0.2, 0.25) is 15.9 Å². The van der Waals surface area contributed by atoms with Crippen LogP contribution in [-0.4, -0.2) is 59.0 Å². The predicted octanol–water partition coefficient (Wildman–Crippen LogP) is 0.924. The molecule has 1 atom stereocenters. The summed E-state index contributed by atoms with van der Waals surface area (Å²) in [7, 11) is -3.67. The van der Waals surface area contributed by atoms with Gasteiger partial charge in [-0.2, -0.15) is 0 Å². The smallest absolute Gasteiger partial charge is 0.338 e. The van der Waals surface area contributed by atoms with E-state index in [1.807, 2.05) is 0 Å². The van der Waals surface area contributed by atoms with Gasteiger partial charge in [-0.1, -0.05) is 0 Å². The van der Waals surface area contributed by atoms with Crippen molar-refractivity contribution in [3.05, 3.63) is 29.8 Å². The normalized spacial score (nSPS) is 16.9. The van der Waals surface area contributed by atoms with Crippen LogP contribution in [0.5, 0.6) is 0 Å². The van der Waals surface area contributed by atoms with Gasteiger partial charge in [0, 0.05) is 13.2 Å². The molecule has 1 heterocycles. The van der Waals surface area contributed by atoms with E-state index in [2.05, 4.69) is 5.32 Å². The molecule has 0 aromatic heterocycles. The summed E-state index contributed by atoms with van der Waals surface area (Å²) in [5.41, 5.74) is 0.611. The molecule has 1 N–H and O–H groups in total. The zero-order valence-corrected chi connectivity index (χ0v) is 15.8. The Kier molecular flexibility index (Phi) is 6.98. The van der Waals surface area contributed by atoms with Gasteiger partial charge in [0.15, 0.2) is 0 Å². The van der Waals surface area contributed by atoms with Crippen molar-refractivity contribution >= 4 is 27.6 Å². The summed E-state index contributed by atoms with van der Waals surface area (Å²) in [5, 5.41) is 2.70. The number of anilines is 1. The van der Waals surface area contributed by atoms with Gasteiger partial charge < -0.3 is 14.8 Å². The van der Waals surface area contributed by atoms with Crippen molar-refractivity contribution in [1.29, 1.82) is 0 Å². The van der Waals surface area contributed by atoms with E-state index < -0.39 is 21.9 Å². The SMILES string of the molecule is CCOC(=O)c1ccc(N(CC(=O)NCC2CCCO2)S(C)(=O)=O)cc1. The number of benzene rings is 1. The van der Waals surface area contributed by atoms with E-state index in [-0.39, 0.29) is 19.3 Å². The third-order valence-electron chi connectivity index (χ3n) is 3.90. The Morgan fingerprint density at radius 2 is 2.00 bits per heavy atom. The molecule has 26 heavy (non-hydrogen) atoms. The van der Waals surface area contributed by atoms with Crippen LogP contribution < -0.4 is 9.62 Å². The first-order valence-corrected chi connectivity index (χ1v) is 10.3. The molecular formula is C17H24N2O6S. The van der Waals surface area contributed by atoms with Crippen molar-refractivity contribution in [2.75, 3.05) is 36.9 Å². The van der Waals surface area contributed by atoms with Crippen LogP contribution in [0.15, 0.2) is 24.3 Å². The Labute approximate surface area is 153 Å². The minimum absolute atomic E-state index is 0.0190. The number of ether oxygens (including phenoxy) is 2. The van der Waals surface area contributed by atoms with E-state index >= 15 is 0 Å². The fourth-order valence-electron chi connectivity index (χ4n) is 2.60. The quantitative estimate of drug-likeness (QED) is 0.669. The summed E-state index contributed by atoms with van der Waals surface area (Å²) in [6.07, 6.45) is 2.85. The number of nitrogens with zero attached hydrogens (tertiary/aromatic N) is 1. The van der Waals surface area contributed by atoms with Gasteiger partial charge in [-0.25, -0.2) is 13.2 Å². The van der Waals surface area contributed by atoms with E-state index in [4.69, 9.17) is 9.47 Å². The number of carbonyl (C=O) groups is 2. The van der Waals surface area contributed by atoms with E-state index in [0.29, 0.717) is 24.4 Å². The van der Waals surface area contributed by atoms with Crippen molar-refractivity contribution in [3.63, 3.8) is 0 Å². The number of esters is 1. The van der Waals surface area contributed by atoms with Crippen LogP contribution in [0.3, 0.4) is 0 Å². The predicted molar refractivity (Wildman–Crippen MR) is 96.6 cm³/mol.